The fraction of sp³-hybridized carbons (Fsp3) is 0.667. The maximum absolute atomic E-state index is 12.7. The van der Waals surface area contributed by atoms with Crippen molar-refractivity contribution >= 4 is 27.5 Å². The number of aromatic amines is 1. The number of aromatic nitrogens is 2. The molecule has 0 aromatic carbocycles. The number of rotatable bonds is 5. The average Bonchev–Trinajstić information content (AvgIpc) is 3.08. The highest BCUT2D eigenvalue weighted by atomic mass is 32.1. The standard InChI is InChI=1S/C21H30N4O2S/c1-3-14(4-2)21(27)25-11-9-24(10-12-25)13-17-22-19(26)18-15-7-5-6-8-16(15)28-20(18)23-17/h14H,3-13H2,1-2H3,(H,22,23,26). The van der Waals surface area contributed by atoms with Crippen LogP contribution >= 0.6 is 11.3 Å². The molecule has 0 unspecified atom stereocenters. The third-order valence-electron chi connectivity index (χ3n) is 6.27. The van der Waals surface area contributed by atoms with Gasteiger partial charge in [0.1, 0.15) is 10.7 Å². The number of aryl methyl sites for hydroxylation is 2. The van der Waals surface area contributed by atoms with Crippen molar-refractivity contribution < 1.29 is 4.79 Å². The number of hydrogen-bond donors (Lipinski definition) is 1. The van der Waals surface area contributed by atoms with Crippen LogP contribution in [0, 0.1) is 5.92 Å². The minimum Gasteiger partial charge on any atom is -0.340 e. The molecule has 28 heavy (non-hydrogen) atoms. The Kier molecular flexibility index (Phi) is 5.83. The molecule has 2 aliphatic rings. The Hall–Kier alpha value is -1.73. The van der Waals surface area contributed by atoms with Gasteiger partial charge in [-0.25, -0.2) is 4.98 Å². The van der Waals surface area contributed by atoms with E-state index in [-0.39, 0.29) is 11.5 Å². The molecule has 1 N–H and O–H groups in total. The average molecular weight is 403 g/mol. The van der Waals surface area contributed by atoms with Crippen LogP contribution in [0.5, 0.6) is 0 Å². The zero-order valence-electron chi connectivity index (χ0n) is 16.9. The summed E-state index contributed by atoms with van der Waals surface area (Å²) in [6, 6.07) is 0. The first-order valence-corrected chi connectivity index (χ1v) is 11.5. The monoisotopic (exact) mass is 402 g/mol. The lowest BCUT2D eigenvalue weighted by atomic mass is 9.97. The number of nitrogens with zero attached hydrogens (tertiary/aromatic N) is 3. The van der Waals surface area contributed by atoms with Gasteiger partial charge < -0.3 is 9.88 Å². The largest absolute Gasteiger partial charge is 0.340 e. The Morgan fingerprint density at radius 2 is 1.86 bits per heavy atom. The number of hydrogen-bond acceptors (Lipinski definition) is 5. The lowest BCUT2D eigenvalue weighted by Crippen LogP contribution is -2.50. The van der Waals surface area contributed by atoms with Crippen LogP contribution in [-0.2, 0) is 24.2 Å². The van der Waals surface area contributed by atoms with Crippen molar-refractivity contribution in [3.05, 3.63) is 26.6 Å². The van der Waals surface area contributed by atoms with Crippen LogP contribution in [0.15, 0.2) is 4.79 Å². The van der Waals surface area contributed by atoms with Crippen LogP contribution in [0.4, 0.5) is 0 Å². The Labute approximate surface area is 169 Å². The number of carbonyl (C=O) groups excluding carboxylic acids is 1. The van der Waals surface area contributed by atoms with E-state index in [9.17, 15) is 9.59 Å². The molecule has 1 fully saturated rings. The second-order valence-electron chi connectivity index (χ2n) is 8.02. The molecule has 1 aliphatic carbocycles. The molecule has 4 rings (SSSR count). The summed E-state index contributed by atoms with van der Waals surface area (Å²) in [6.07, 6.45) is 6.28. The summed E-state index contributed by atoms with van der Waals surface area (Å²) in [5, 5.41) is 0.823. The van der Waals surface area contributed by atoms with Gasteiger partial charge in [0.15, 0.2) is 0 Å². The van der Waals surface area contributed by atoms with Gasteiger partial charge in [-0.1, -0.05) is 13.8 Å². The molecule has 0 atom stereocenters. The van der Waals surface area contributed by atoms with E-state index < -0.39 is 0 Å². The number of nitrogens with one attached hydrogen (secondary N) is 1. The topological polar surface area (TPSA) is 69.3 Å². The second kappa shape index (κ2) is 8.33. The predicted molar refractivity (Wildman–Crippen MR) is 113 cm³/mol. The van der Waals surface area contributed by atoms with Gasteiger partial charge in [-0.2, -0.15) is 0 Å². The smallest absolute Gasteiger partial charge is 0.259 e. The van der Waals surface area contributed by atoms with Gasteiger partial charge in [-0.3, -0.25) is 14.5 Å². The molecule has 2 aromatic rings. The molecule has 0 bridgehead atoms. The first kappa shape index (κ1) is 19.6. The predicted octanol–water partition coefficient (Wildman–Crippen LogP) is 2.94. The normalized spacial score (nSPS) is 18.0. The van der Waals surface area contributed by atoms with Crippen molar-refractivity contribution in [1.82, 2.24) is 19.8 Å². The number of amides is 1. The van der Waals surface area contributed by atoms with Gasteiger partial charge in [0.25, 0.3) is 5.56 Å². The second-order valence-corrected chi connectivity index (χ2v) is 9.10. The van der Waals surface area contributed by atoms with Crippen LogP contribution in [-0.4, -0.2) is 51.9 Å². The van der Waals surface area contributed by atoms with Crippen LogP contribution in [0.2, 0.25) is 0 Å². The van der Waals surface area contributed by atoms with Gasteiger partial charge in [-0.05, 0) is 44.1 Å². The molecule has 0 saturated carbocycles. The van der Waals surface area contributed by atoms with Crippen LogP contribution in [0.3, 0.4) is 0 Å². The van der Waals surface area contributed by atoms with E-state index >= 15 is 0 Å². The maximum Gasteiger partial charge on any atom is 0.259 e. The molecule has 0 spiro atoms. The molecule has 1 aliphatic heterocycles. The van der Waals surface area contributed by atoms with Gasteiger partial charge >= 0.3 is 0 Å². The number of fused-ring (bicyclic) bond motifs is 3. The molecule has 2 aromatic heterocycles. The molecular weight excluding hydrogens is 372 g/mol. The van der Waals surface area contributed by atoms with Crippen molar-refractivity contribution in [2.24, 2.45) is 5.92 Å². The number of carbonyl (C=O) groups is 1. The van der Waals surface area contributed by atoms with E-state index in [1.807, 2.05) is 4.90 Å². The molecule has 3 heterocycles. The zero-order chi connectivity index (χ0) is 19.7. The van der Waals surface area contributed by atoms with E-state index in [0.29, 0.717) is 12.5 Å². The lowest BCUT2D eigenvalue weighted by Gasteiger charge is -2.36. The molecule has 6 nitrogen and oxygen atoms in total. The van der Waals surface area contributed by atoms with Crippen LogP contribution in [0.25, 0.3) is 10.2 Å². The molecule has 1 saturated heterocycles. The first-order chi connectivity index (χ1) is 13.6. The third kappa shape index (κ3) is 3.74. The lowest BCUT2D eigenvalue weighted by molar-refractivity contribution is -0.137. The first-order valence-electron chi connectivity index (χ1n) is 10.6. The van der Waals surface area contributed by atoms with Crippen LogP contribution < -0.4 is 5.56 Å². The molecule has 1 amide bonds. The highest BCUT2D eigenvalue weighted by molar-refractivity contribution is 7.18. The molecular formula is C21H30N4O2S. The summed E-state index contributed by atoms with van der Waals surface area (Å²) < 4.78 is 0. The minimum absolute atomic E-state index is 0.0157. The number of piperazine rings is 1. The van der Waals surface area contributed by atoms with Gasteiger partial charge in [-0.15, -0.1) is 11.3 Å². The van der Waals surface area contributed by atoms with E-state index in [1.165, 1.54) is 23.3 Å². The van der Waals surface area contributed by atoms with Gasteiger partial charge in [0, 0.05) is 37.0 Å². The van der Waals surface area contributed by atoms with E-state index in [0.717, 1.165) is 67.9 Å². The van der Waals surface area contributed by atoms with Crippen molar-refractivity contribution in [1.29, 1.82) is 0 Å². The summed E-state index contributed by atoms with van der Waals surface area (Å²) >= 11 is 1.70. The highest BCUT2D eigenvalue weighted by Gasteiger charge is 2.26. The van der Waals surface area contributed by atoms with Gasteiger partial charge in [0.05, 0.1) is 11.9 Å². The Morgan fingerprint density at radius 3 is 2.57 bits per heavy atom. The summed E-state index contributed by atoms with van der Waals surface area (Å²) in [6.45, 7) is 7.99. The van der Waals surface area contributed by atoms with E-state index in [4.69, 9.17) is 4.98 Å². The van der Waals surface area contributed by atoms with Gasteiger partial charge in [0.2, 0.25) is 5.91 Å². The maximum atomic E-state index is 12.7. The SMILES string of the molecule is CCC(CC)C(=O)N1CCN(Cc2nc3sc4c(c3c(=O)[nH]2)CCCC4)CC1. The Balaban J connectivity index is 1.44. The molecule has 0 radical (unpaired) electrons. The fourth-order valence-corrected chi connectivity index (χ4v) is 5.80. The summed E-state index contributed by atoms with van der Waals surface area (Å²) in [5.41, 5.74) is 1.25. The fourth-order valence-electron chi connectivity index (χ4n) is 4.52. The van der Waals surface area contributed by atoms with Crippen molar-refractivity contribution in [2.45, 2.75) is 58.9 Å². The summed E-state index contributed by atoms with van der Waals surface area (Å²) in [4.78, 5) is 39.6. The van der Waals surface area contributed by atoms with Crippen molar-refractivity contribution in [2.75, 3.05) is 26.2 Å². The minimum atomic E-state index is 0.0157. The van der Waals surface area contributed by atoms with Crippen molar-refractivity contribution in [3.63, 3.8) is 0 Å². The quantitative estimate of drug-likeness (QED) is 0.835. The zero-order valence-corrected chi connectivity index (χ0v) is 17.7. The third-order valence-corrected chi connectivity index (χ3v) is 7.45. The van der Waals surface area contributed by atoms with Crippen molar-refractivity contribution in [3.8, 4) is 0 Å². The molecule has 152 valence electrons. The molecule has 7 heteroatoms. The van der Waals surface area contributed by atoms with E-state index in [1.54, 1.807) is 11.3 Å². The van der Waals surface area contributed by atoms with E-state index in [2.05, 4.69) is 23.7 Å². The number of thiophene rings is 1. The summed E-state index contributed by atoms with van der Waals surface area (Å²) in [7, 11) is 0. The Morgan fingerprint density at radius 1 is 1.14 bits per heavy atom. The van der Waals surface area contributed by atoms with Crippen LogP contribution in [0.1, 0.15) is 55.8 Å². The summed E-state index contributed by atoms with van der Waals surface area (Å²) in [5.74, 6) is 1.19. The number of H-pyrrole nitrogens is 1. The highest BCUT2D eigenvalue weighted by Crippen LogP contribution is 2.33. The Bertz CT molecular complexity index is 907.